The van der Waals surface area contributed by atoms with Gasteiger partial charge < -0.3 is 10.3 Å². The Morgan fingerprint density at radius 2 is 2.15 bits per heavy atom. The van der Waals surface area contributed by atoms with E-state index in [-0.39, 0.29) is 18.4 Å². The minimum absolute atomic E-state index is 0. The highest BCUT2D eigenvalue weighted by Crippen LogP contribution is 2.21. The van der Waals surface area contributed by atoms with E-state index in [2.05, 4.69) is 24.5 Å². The molecule has 2 N–H and O–H groups in total. The molecule has 0 saturated carbocycles. The molecule has 3 heteroatoms. The standard InChI is InChI=1S/C10H18N2.ClH/c1-4-8(2)10(11)9-6-5-7-12(9)3;/h5-8,10H,4,11H2,1-3H3;1H/t8?,10-;/m0./s1. The van der Waals surface area contributed by atoms with Crippen molar-refractivity contribution in [1.82, 2.24) is 4.57 Å². The van der Waals surface area contributed by atoms with E-state index in [0.29, 0.717) is 5.92 Å². The highest BCUT2D eigenvalue weighted by atomic mass is 35.5. The van der Waals surface area contributed by atoms with Gasteiger partial charge in [-0.15, -0.1) is 12.4 Å². The van der Waals surface area contributed by atoms with E-state index in [9.17, 15) is 0 Å². The number of aryl methyl sites for hydroxylation is 1. The van der Waals surface area contributed by atoms with Gasteiger partial charge in [0.05, 0.1) is 0 Å². The fourth-order valence-corrected chi connectivity index (χ4v) is 1.37. The molecule has 0 aliphatic heterocycles. The molecule has 1 rings (SSSR count). The van der Waals surface area contributed by atoms with Crippen molar-refractivity contribution >= 4 is 12.4 Å². The summed E-state index contributed by atoms with van der Waals surface area (Å²) in [5, 5.41) is 0. The molecule has 0 saturated heterocycles. The molecule has 0 fully saturated rings. The second kappa shape index (κ2) is 5.30. The lowest BCUT2D eigenvalue weighted by molar-refractivity contribution is 0.439. The lowest BCUT2D eigenvalue weighted by Gasteiger charge is -2.18. The van der Waals surface area contributed by atoms with Gasteiger partial charge in [0.1, 0.15) is 0 Å². The van der Waals surface area contributed by atoms with Crippen molar-refractivity contribution in [3.8, 4) is 0 Å². The van der Waals surface area contributed by atoms with Crippen LogP contribution in [0, 0.1) is 5.92 Å². The number of hydrogen-bond acceptors (Lipinski definition) is 1. The third-order valence-corrected chi connectivity index (χ3v) is 2.58. The van der Waals surface area contributed by atoms with E-state index in [4.69, 9.17) is 5.73 Å². The molecule has 0 aromatic carbocycles. The minimum Gasteiger partial charge on any atom is -0.353 e. The minimum atomic E-state index is 0. The number of rotatable bonds is 3. The van der Waals surface area contributed by atoms with Crippen molar-refractivity contribution in [2.45, 2.75) is 26.3 Å². The normalized spacial score (nSPS) is 14.8. The second-order valence-corrected chi connectivity index (χ2v) is 3.46. The van der Waals surface area contributed by atoms with Crippen LogP contribution in [0.15, 0.2) is 18.3 Å². The van der Waals surface area contributed by atoms with E-state index >= 15 is 0 Å². The van der Waals surface area contributed by atoms with Crippen LogP contribution in [-0.2, 0) is 7.05 Å². The average molecular weight is 203 g/mol. The average Bonchev–Trinajstić information content (AvgIpc) is 2.48. The van der Waals surface area contributed by atoms with Crippen molar-refractivity contribution in [3.63, 3.8) is 0 Å². The highest BCUT2D eigenvalue weighted by molar-refractivity contribution is 5.85. The molecule has 0 aliphatic carbocycles. The highest BCUT2D eigenvalue weighted by Gasteiger charge is 2.14. The summed E-state index contributed by atoms with van der Waals surface area (Å²) in [6.45, 7) is 4.37. The van der Waals surface area contributed by atoms with Crippen LogP contribution in [0.1, 0.15) is 32.0 Å². The van der Waals surface area contributed by atoms with Crippen molar-refractivity contribution in [2.75, 3.05) is 0 Å². The van der Waals surface area contributed by atoms with Crippen LogP contribution < -0.4 is 5.73 Å². The molecular formula is C10H19ClN2. The molecular weight excluding hydrogens is 184 g/mol. The van der Waals surface area contributed by atoms with E-state index in [1.54, 1.807) is 0 Å². The van der Waals surface area contributed by atoms with Crippen molar-refractivity contribution in [2.24, 2.45) is 18.7 Å². The number of nitrogens with zero attached hydrogens (tertiary/aromatic N) is 1. The Hall–Kier alpha value is -0.470. The summed E-state index contributed by atoms with van der Waals surface area (Å²) in [6, 6.07) is 4.31. The molecule has 1 aromatic rings. The summed E-state index contributed by atoms with van der Waals surface area (Å²) < 4.78 is 2.09. The molecule has 2 nitrogen and oxygen atoms in total. The fraction of sp³-hybridized carbons (Fsp3) is 0.600. The first-order valence-electron chi connectivity index (χ1n) is 4.53. The van der Waals surface area contributed by atoms with Crippen LogP contribution in [0.2, 0.25) is 0 Å². The number of hydrogen-bond donors (Lipinski definition) is 1. The molecule has 1 unspecified atom stereocenters. The largest absolute Gasteiger partial charge is 0.353 e. The maximum Gasteiger partial charge on any atom is 0.0475 e. The summed E-state index contributed by atoms with van der Waals surface area (Å²) in [5.74, 6) is 0.554. The van der Waals surface area contributed by atoms with Gasteiger partial charge in [0.2, 0.25) is 0 Å². The summed E-state index contributed by atoms with van der Waals surface area (Å²) in [5.41, 5.74) is 7.30. The van der Waals surface area contributed by atoms with Crippen molar-refractivity contribution in [1.29, 1.82) is 0 Å². The summed E-state index contributed by atoms with van der Waals surface area (Å²) in [6.07, 6.45) is 3.17. The molecule has 0 aliphatic rings. The number of nitrogens with two attached hydrogens (primary N) is 1. The van der Waals surface area contributed by atoms with Crippen LogP contribution in [0.25, 0.3) is 0 Å². The first-order chi connectivity index (χ1) is 5.66. The Balaban J connectivity index is 0.00000144. The van der Waals surface area contributed by atoms with Gasteiger partial charge in [0, 0.05) is 25.0 Å². The zero-order valence-electron chi connectivity index (χ0n) is 8.53. The Morgan fingerprint density at radius 3 is 2.54 bits per heavy atom. The monoisotopic (exact) mass is 202 g/mol. The van der Waals surface area contributed by atoms with Crippen LogP contribution in [0.3, 0.4) is 0 Å². The van der Waals surface area contributed by atoms with E-state index in [0.717, 1.165) is 6.42 Å². The summed E-state index contributed by atoms with van der Waals surface area (Å²) in [7, 11) is 2.04. The Labute approximate surface area is 86.5 Å². The topological polar surface area (TPSA) is 30.9 Å². The maximum absolute atomic E-state index is 6.07. The molecule has 0 spiro atoms. The number of halogens is 1. The SMILES string of the molecule is CCC(C)[C@H](N)c1cccn1C.Cl. The molecule has 0 bridgehead atoms. The summed E-state index contributed by atoms with van der Waals surface area (Å²) >= 11 is 0. The molecule has 2 atom stereocenters. The lowest BCUT2D eigenvalue weighted by Crippen LogP contribution is -2.20. The van der Waals surface area contributed by atoms with Gasteiger partial charge in [0.15, 0.2) is 0 Å². The van der Waals surface area contributed by atoms with Crippen LogP contribution >= 0.6 is 12.4 Å². The van der Waals surface area contributed by atoms with E-state index in [1.165, 1.54) is 5.69 Å². The van der Waals surface area contributed by atoms with Crippen LogP contribution in [-0.4, -0.2) is 4.57 Å². The Bertz CT molecular complexity index is 245. The van der Waals surface area contributed by atoms with E-state index in [1.807, 2.05) is 19.3 Å². The Morgan fingerprint density at radius 1 is 1.54 bits per heavy atom. The van der Waals surface area contributed by atoms with Crippen molar-refractivity contribution in [3.05, 3.63) is 24.0 Å². The third kappa shape index (κ3) is 2.75. The first-order valence-corrected chi connectivity index (χ1v) is 4.53. The second-order valence-electron chi connectivity index (χ2n) is 3.46. The van der Waals surface area contributed by atoms with Gasteiger partial charge in [-0.1, -0.05) is 20.3 Å². The van der Waals surface area contributed by atoms with Crippen molar-refractivity contribution < 1.29 is 0 Å². The quantitative estimate of drug-likeness (QED) is 0.803. The van der Waals surface area contributed by atoms with Gasteiger partial charge in [-0.05, 0) is 18.1 Å². The fourth-order valence-electron chi connectivity index (χ4n) is 1.37. The molecule has 13 heavy (non-hydrogen) atoms. The van der Waals surface area contributed by atoms with Gasteiger partial charge in [-0.3, -0.25) is 0 Å². The molecule has 76 valence electrons. The summed E-state index contributed by atoms with van der Waals surface area (Å²) in [4.78, 5) is 0. The molecule has 1 heterocycles. The molecule has 0 amide bonds. The number of aromatic nitrogens is 1. The smallest absolute Gasteiger partial charge is 0.0475 e. The Kier molecular flexibility index (Phi) is 5.11. The van der Waals surface area contributed by atoms with Gasteiger partial charge >= 0.3 is 0 Å². The van der Waals surface area contributed by atoms with Crippen LogP contribution in [0.4, 0.5) is 0 Å². The predicted molar refractivity (Wildman–Crippen MR) is 59.0 cm³/mol. The zero-order valence-corrected chi connectivity index (χ0v) is 9.34. The first kappa shape index (κ1) is 12.5. The maximum atomic E-state index is 6.07. The zero-order chi connectivity index (χ0) is 9.14. The van der Waals surface area contributed by atoms with Gasteiger partial charge in [0.25, 0.3) is 0 Å². The molecule has 1 aromatic heterocycles. The lowest BCUT2D eigenvalue weighted by atomic mass is 9.97. The predicted octanol–water partition coefficient (Wildman–Crippen LogP) is 2.49. The van der Waals surface area contributed by atoms with Gasteiger partial charge in [-0.25, -0.2) is 0 Å². The van der Waals surface area contributed by atoms with Gasteiger partial charge in [-0.2, -0.15) is 0 Å². The third-order valence-electron chi connectivity index (χ3n) is 2.58. The van der Waals surface area contributed by atoms with Crippen LogP contribution in [0.5, 0.6) is 0 Å². The van der Waals surface area contributed by atoms with E-state index < -0.39 is 0 Å². The molecule has 0 radical (unpaired) electrons.